The first-order valence-electron chi connectivity index (χ1n) is 9.27. The van der Waals surface area contributed by atoms with E-state index in [9.17, 15) is 14.0 Å². The van der Waals surface area contributed by atoms with Crippen molar-refractivity contribution >= 4 is 34.3 Å². The second-order valence-corrected chi connectivity index (χ2v) is 6.91. The molecule has 0 aliphatic carbocycles. The number of hydrogen-bond acceptors (Lipinski definition) is 2. The summed E-state index contributed by atoms with van der Waals surface area (Å²) < 4.78 is 15.3. The Morgan fingerprint density at radius 2 is 1.73 bits per heavy atom. The predicted molar refractivity (Wildman–Crippen MR) is 116 cm³/mol. The molecule has 7 heteroatoms. The van der Waals surface area contributed by atoms with E-state index in [4.69, 9.17) is 5.73 Å². The van der Waals surface area contributed by atoms with Crippen molar-refractivity contribution in [3.8, 4) is 11.3 Å². The molecule has 4 aromatic rings. The lowest BCUT2D eigenvalue weighted by Gasteiger charge is -2.11. The van der Waals surface area contributed by atoms with E-state index in [1.807, 2.05) is 43.3 Å². The summed E-state index contributed by atoms with van der Waals surface area (Å²) in [6, 6.07) is 19.6. The third kappa shape index (κ3) is 3.73. The van der Waals surface area contributed by atoms with Crippen molar-refractivity contribution < 1.29 is 14.0 Å². The molecule has 0 spiro atoms. The van der Waals surface area contributed by atoms with Crippen LogP contribution in [0.4, 0.5) is 25.4 Å². The number of carbonyl (C=O) groups excluding carboxylic acids is 2. The number of nitrogens with zero attached hydrogens (tertiary/aromatic N) is 1. The number of fused-ring (bicyclic) bond motifs is 1. The van der Waals surface area contributed by atoms with E-state index in [-0.39, 0.29) is 5.69 Å². The lowest BCUT2D eigenvalue weighted by atomic mass is 10.1. The molecular weight excluding hydrogens is 383 g/mol. The summed E-state index contributed by atoms with van der Waals surface area (Å²) in [4.78, 5) is 24.4. The summed E-state index contributed by atoms with van der Waals surface area (Å²) in [6.07, 6.45) is 0. The Morgan fingerprint density at radius 3 is 2.53 bits per heavy atom. The number of hydrogen-bond donors (Lipinski definition) is 3. The van der Waals surface area contributed by atoms with Crippen LogP contribution in [0, 0.1) is 12.7 Å². The maximum absolute atomic E-state index is 13.9. The fraction of sp³-hybridized carbons (Fsp3) is 0.0435. The maximum atomic E-state index is 13.9. The molecule has 0 aliphatic heterocycles. The molecule has 4 N–H and O–H groups in total. The van der Waals surface area contributed by atoms with Crippen LogP contribution in [-0.2, 0) is 0 Å². The number of benzene rings is 3. The van der Waals surface area contributed by atoms with Crippen LogP contribution in [0.3, 0.4) is 0 Å². The van der Waals surface area contributed by atoms with Crippen LogP contribution >= 0.6 is 0 Å². The Kier molecular flexibility index (Phi) is 4.93. The van der Waals surface area contributed by atoms with Crippen LogP contribution in [0.5, 0.6) is 0 Å². The largest absolute Gasteiger partial charge is 0.351 e. The van der Waals surface area contributed by atoms with Gasteiger partial charge in [-0.3, -0.25) is 4.57 Å². The maximum Gasteiger partial charge on any atom is 0.323 e. The zero-order valence-corrected chi connectivity index (χ0v) is 16.1. The molecule has 6 nitrogen and oxygen atoms in total. The average Bonchev–Trinajstić information content (AvgIpc) is 3.11. The topological polar surface area (TPSA) is 89.2 Å². The van der Waals surface area contributed by atoms with Gasteiger partial charge in [-0.1, -0.05) is 36.4 Å². The van der Waals surface area contributed by atoms with Crippen LogP contribution in [0.2, 0.25) is 0 Å². The number of aromatic nitrogens is 1. The third-order valence-corrected chi connectivity index (χ3v) is 4.72. The van der Waals surface area contributed by atoms with Gasteiger partial charge in [0.15, 0.2) is 0 Å². The van der Waals surface area contributed by atoms with Gasteiger partial charge in [-0.25, -0.2) is 14.0 Å². The number of para-hydroxylation sites is 1. The van der Waals surface area contributed by atoms with Crippen LogP contribution in [0.15, 0.2) is 72.8 Å². The fourth-order valence-corrected chi connectivity index (χ4v) is 3.38. The first kappa shape index (κ1) is 19.2. The van der Waals surface area contributed by atoms with Crippen LogP contribution in [0.25, 0.3) is 22.2 Å². The van der Waals surface area contributed by atoms with E-state index in [2.05, 4.69) is 10.6 Å². The summed E-state index contributed by atoms with van der Waals surface area (Å²) in [7, 11) is 0. The van der Waals surface area contributed by atoms with Crippen LogP contribution < -0.4 is 16.4 Å². The molecule has 0 unspecified atom stereocenters. The number of nitrogens with one attached hydrogen (secondary N) is 2. The van der Waals surface area contributed by atoms with Crippen molar-refractivity contribution in [1.29, 1.82) is 0 Å². The number of rotatable bonds is 3. The molecule has 3 amide bonds. The second-order valence-electron chi connectivity index (χ2n) is 6.91. The number of halogens is 1. The van der Waals surface area contributed by atoms with Crippen molar-refractivity contribution in [3.05, 3.63) is 84.2 Å². The van der Waals surface area contributed by atoms with E-state index in [0.717, 1.165) is 10.9 Å². The quantitative estimate of drug-likeness (QED) is 0.433. The highest BCUT2D eigenvalue weighted by Gasteiger charge is 2.15. The number of anilines is 2. The minimum atomic E-state index is -0.600. The molecule has 0 radical (unpaired) electrons. The molecule has 0 atom stereocenters. The predicted octanol–water partition coefficient (Wildman–Crippen LogP) is 5.33. The van der Waals surface area contributed by atoms with Crippen molar-refractivity contribution in [3.63, 3.8) is 0 Å². The van der Waals surface area contributed by atoms with E-state index in [1.165, 1.54) is 10.6 Å². The van der Waals surface area contributed by atoms with Gasteiger partial charge in [-0.2, -0.15) is 0 Å². The summed E-state index contributed by atoms with van der Waals surface area (Å²) in [5.41, 5.74) is 9.02. The zero-order valence-electron chi connectivity index (χ0n) is 16.1. The summed E-state index contributed by atoms with van der Waals surface area (Å²) in [5, 5.41) is 6.07. The van der Waals surface area contributed by atoms with E-state index >= 15 is 0 Å². The number of carbonyl (C=O) groups is 2. The van der Waals surface area contributed by atoms with Gasteiger partial charge < -0.3 is 16.4 Å². The van der Waals surface area contributed by atoms with Crippen molar-refractivity contribution in [2.75, 3.05) is 10.6 Å². The summed E-state index contributed by atoms with van der Waals surface area (Å²) in [5.74, 6) is -0.518. The fourth-order valence-electron chi connectivity index (χ4n) is 3.38. The summed E-state index contributed by atoms with van der Waals surface area (Å²) in [6.45, 7) is 1.81. The van der Waals surface area contributed by atoms with Gasteiger partial charge in [0, 0.05) is 16.6 Å². The Labute approximate surface area is 172 Å². The molecule has 0 fully saturated rings. The molecule has 0 aliphatic rings. The molecule has 0 bridgehead atoms. The van der Waals surface area contributed by atoms with Crippen molar-refractivity contribution in [1.82, 2.24) is 4.57 Å². The van der Waals surface area contributed by atoms with E-state index < -0.39 is 17.9 Å². The molecule has 3 aromatic carbocycles. The standard InChI is InChI=1S/C23H19FN4O2/c1-14-9-10-18(24)19(11-14)27-23(30)26-17-7-4-6-15(12-17)21-13-16-5-2-3-8-20(16)28(21)22(25)29/h2-13H,1H3,(H2,25,29)(H2,26,27,30). The highest BCUT2D eigenvalue weighted by molar-refractivity contribution is 6.01. The average molecular weight is 402 g/mol. The third-order valence-electron chi connectivity index (χ3n) is 4.72. The smallest absolute Gasteiger partial charge is 0.323 e. The molecule has 0 saturated carbocycles. The van der Waals surface area contributed by atoms with E-state index in [1.54, 1.807) is 30.3 Å². The highest BCUT2D eigenvalue weighted by Crippen LogP contribution is 2.29. The lowest BCUT2D eigenvalue weighted by Crippen LogP contribution is -2.21. The van der Waals surface area contributed by atoms with Crippen molar-refractivity contribution in [2.24, 2.45) is 5.73 Å². The number of urea groups is 1. The Bertz CT molecular complexity index is 1280. The Morgan fingerprint density at radius 1 is 0.933 bits per heavy atom. The van der Waals surface area contributed by atoms with Crippen LogP contribution in [0.1, 0.15) is 5.56 Å². The molecule has 1 heterocycles. The SMILES string of the molecule is Cc1ccc(F)c(NC(=O)Nc2cccc(-c3cc4ccccc4n3C(N)=O)c2)c1. The molecule has 0 saturated heterocycles. The molecule has 4 rings (SSSR count). The number of nitrogens with two attached hydrogens (primary N) is 1. The first-order chi connectivity index (χ1) is 14.4. The first-order valence-corrected chi connectivity index (χ1v) is 9.27. The molecule has 150 valence electrons. The Hall–Kier alpha value is -4.13. The normalized spacial score (nSPS) is 10.7. The number of aryl methyl sites for hydroxylation is 1. The minimum absolute atomic E-state index is 0.0949. The highest BCUT2D eigenvalue weighted by atomic mass is 19.1. The number of primary amides is 1. The zero-order chi connectivity index (χ0) is 21.3. The van der Waals surface area contributed by atoms with Gasteiger partial charge in [-0.05, 0) is 48.9 Å². The molecule has 1 aromatic heterocycles. The minimum Gasteiger partial charge on any atom is -0.351 e. The Balaban J connectivity index is 1.63. The van der Waals surface area contributed by atoms with Gasteiger partial charge in [0.1, 0.15) is 5.82 Å². The number of amides is 3. The second kappa shape index (κ2) is 7.71. The van der Waals surface area contributed by atoms with Gasteiger partial charge in [0.25, 0.3) is 0 Å². The monoisotopic (exact) mass is 402 g/mol. The molecule has 30 heavy (non-hydrogen) atoms. The van der Waals surface area contributed by atoms with E-state index in [0.29, 0.717) is 22.5 Å². The lowest BCUT2D eigenvalue weighted by molar-refractivity contribution is 0.251. The van der Waals surface area contributed by atoms with Gasteiger partial charge >= 0.3 is 12.1 Å². The van der Waals surface area contributed by atoms with Crippen LogP contribution in [-0.4, -0.2) is 16.6 Å². The van der Waals surface area contributed by atoms with Crippen molar-refractivity contribution in [2.45, 2.75) is 6.92 Å². The van der Waals surface area contributed by atoms with Gasteiger partial charge in [-0.15, -0.1) is 0 Å². The van der Waals surface area contributed by atoms with Gasteiger partial charge in [0.2, 0.25) is 0 Å². The van der Waals surface area contributed by atoms with Gasteiger partial charge in [0.05, 0.1) is 16.9 Å². The summed E-state index contributed by atoms with van der Waals surface area (Å²) >= 11 is 0. The molecular formula is C23H19FN4O2.